The molecular formula is C24H26N4O2. The fourth-order valence-electron chi connectivity index (χ4n) is 4.23. The minimum Gasteiger partial charge on any atom is -0.377 e. The SMILES string of the molecule is CC1C=CC(c2nccc(-c3ccc4c(c3)N(C3COC3)C(=O)C4(C)C)n2)=CN1C. The van der Waals surface area contributed by atoms with Crippen molar-refractivity contribution >= 4 is 17.2 Å². The first-order valence-electron chi connectivity index (χ1n) is 10.4. The molecule has 0 N–H and O–H groups in total. The van der Waals surface area contributed by atoms with Crippen LogP contribution < -0.4 is 4.90 Å². The van der Waals surface area contributed by atoms with Crippen molar-refractivity contribution in [3.8, 4) is 11.3 Å². The van der Waals surface area contributed by atoms with Crippen LogP contribution in [0.2, 0.25) is 0 Å². The van der Waals surface area contributed by atoms with Crippen LogP contribution in [0.15, 0.2) is 48.8 Å². The standard InChI is InChI=1S/C24H26N4O2/c1-15-5-6-17(12-27(15)4)22-25-10-9-20(26-22)16-7-8-19-21(11-16)28(18-13-30-14-18)23(29)24(19,2)3/h5-12,15,18H,13-14H2,1-4H3. The number of rotatable bonds is 3. The van der Waals surface area contributed by atoms with Gasteiger partial charge in [0, 0.05) is 42.3 Å². The van der Waals surface area contributed by atoms with Gasteiger partial charge in [-0.1, -0.05) is 24.3 Å². The normalized spacial score (nSPS) is 22.7. The van der Waals surface area contributed by atoms with E-state index in [2.05, 4.69) is 60.4 Å². The Morgan fingerprint density at radius 3 is 2.70 bits per heavy atom. The first-order valence-corrected chi connectivity index (χ1v) is 10.4. The zero-order valence-electron chi connectivity index (χ0n) is 17.8. The lowest BCUT2D eigenvalue weighted by atomic mass is 9.85. The molecule has 1 amide bonds. The third-order valence-electron chi connectivity index (χ3n) is 6.42. The molecule has 6 nitrogen and oxygen atoms in total. The number of anilines is 1. The van der Waals surface area contributed by atoms with Crippen molar-refractivity contribution in [2.75, 3.05) is 25.2 Å². The Hall–Kier alpha value is -2.99. The van der Waals surface area contributed by atoms with E-state index >= 15 is 0 Å². The summed E-state index contributed by atoms with van der Waals surface area (Å²) in [5.74, 6) is 0.838. The number of benzene rings is 1. The van der Waals surface area contributed by atoms with Gasteiger partial charge in [-0.3, -0.25) is 4.79 Å². The zero-order chi connectivity index (χ0) is 21.0. The van der Waals surface area contributed by atoms with Crippen LogP contribution in [0.3, 0.4) is 0 Å². The number of hydrogen-bond donors (Lipinski definition) is 0. The maximum absolute atomic E-state index is 13.1. The summed E-state index contributed by atoms with van der Waals surface area (Å²) >= 11 is 0. The van der Waals surface area contributed by atoms with E-state index in [4.69, 9.17) is 9.72 Å². The molecule has 0 aliphatic carbocycles. The fraction of sp³-hybridized carbons (Fsp3) is 0.375. The van der Waals surface area contributed by atoms with E-state index in [1.165, 1.54) is 0 Å². The summed E-state index contributed by atoms with van der Waals surface area (Å²) in [5, 5.41) is 0. The number of carbonyl (C=O) groups is 1. The molecule has 0 bridgehead atoms. The van der Waals surface area contributed by atoms with E-state index in [1.54, 1.807) is 6.20 Å². The van der Waals surface area contributed by atoms with E-state index in [0.717, 1.165) is 28.1 Å². The monoisotopic (exact) mass is 402 g/mol. The maximum atomic E-state index is 13.1. The highest BCUT2D eigenvalue weighted by Crippen LogP contribution is 2.45. The van der Waals surface area contributed by atoms with Crippen molar-refractivity contribution in [2.45, 2.75) is 38.3 Å². The van der Waals surface area contributed by atoms with Crippen LogP contribution in [-0.4, -0.2) is 53.1 Å². The Bertz CT molecular complexity index is 1080. The second kappa shape index (κ2) is 6.77. The molecule has 1 aromatic heterocycles. The fourth-order valence-corrected chi connectivity index (χ4v) is 4.23. The molecule has 3 aliphatic rings. The third-order valence-corrected chi connectivity index (χ3v) is 6.42. The molecule has 0 saturated carbocycles. The molecular weight excluding hydrogens is 376 g/mol. The minimum absolute atomic E-state index is 0.115. The molecule has 1 fully saturated rings. The van der Waals surface area contributed by atoms with Crippen LogP contribution in [0.5, 0.6) is 0 Å². The van der Waals surface area contributed by atoms with E-state index in [0.29, 0.717) is 25.1 Å². The summed E-state index contributed by atoms with van der Waals surface area (Å²) < 4.78 is 5.36. The Kier molecular flexibility index (Phi) is 4.29. The highest BCUT2D eigenvalue weighted by atomic mass is 16.5. The van der Waals surface area contributed by atoms with Crippen LogP contribution in [-0.2, 0) is 14.9 Å². The van der Waals surface area contributed by atoms with Gasteiger partial charge in [0.15, 0.2) is 5.82 Å². The maximum Gasteiger partial charge on any atom is 0.237 e. The molecule has 5 rings (SSSR count). The molecule has 0 spiro atoms. The summed E-state index contributed by atoms with van der Waals surface area (Å²) in [5.41, 5.74) is 4.32. The van der Waals surface area contributed by atoms with Crippen molar-refractivity contribution in [1.29, 1.82) is 0 Å². The van der Waals surface area contributed by atoms with Crippen LogP contribution in [0, 0.1) is 0 Å². The summed E-state index contributed by atoms with van der Waals surface area (Å²) in [6.07, 6.45) is 8.09. The average molecular weight is 402 g/mol. The lowest BCUT2D eigenvalue weighted by Gasteiger charge is -2.35. The van der Waals surface area contributed by atoms with Gasteiger partial charge in [-0.25, -0.2) is 9.97 Å². The Labute approximate surface area is 176 Å². The van der Waals surface area contributed by atoms with Gasteiger partial charge in [-0.2, -0.15) is 0 Å². The van der Waals surface area contributed by atoms with Crippen molar-refractivity contribution in [1.82, 2.24) is 14.9 Å². The van der Waals surface area contributed by atoms with Crippen molar-refractivity contribution in [2.24, 2.45) is 0 Å². The average Bonchev–Trinajstić information content (AvgIpc) is 2.89. The molecule has 1 aromatic carbocycles. The molecule has 154 valence electrons. The van der Waals surface area contributed by atoms with E-state index in [1.807, 2.05) is 24.8 Å². The Morgan fingerprint density at radius 2 is 2.00 bits per heavy atom. The Morgan fingerprint density at radius 1 is 1.20 bits per heavy atom. The molecule has 0 radical (unpaired) electrons. The number of hydrogen-bond acceptors (Lipinski definition) is 5. The minimum atomic E-state index is -0.529. The number of likely N-dealkylation sites (N-methyl/N-ethyl adjacent to an activating group) is 1. The highest BCUT2D eigenvalue weighted by molar-refractivity contribution is 6.08. The molecule has 1 unspecified atom stereocenters. The van der Waals surface area contributed by atoms with Gasteiger partial charge >= 0.3 is 0 Å². The number of ether oxygens (including phenoxy) is 1. The van der Waals surface area contributed by atoms with Crippen molar-refractivity contribution < 1.29 is 9.53 Å². The van der Waals surface area contributed by atoms with Crippen LogP contribution in [0.1, 0.15) is 32.2 Å². The van der Waals surface area contributed by atoms with E-state index in [9.17, 15) is 4.79 Å². The lowest BCUT2D eigenvalue weighted by Crippen LogP contribution is -2.52. The van der Waals surface area contributed by atoms with Crippen LogP contribution in [0.4, 0.5) is 5.69 Å². The lowest BCUT2D eigenvalue weighted by molar-refractivity contribution is -0.124. The van der Waals surface area contributed by atoms with Gasteiger partial charge < -0.3 is 14.5 Å². The number of nitrogens with zero attached hydrogens (tertiary/aromatic N) is 4. The largest absolute Gasteiger partial charge is 0.377 e. The second-order valence-corrected chi connectivity index (χ2v) is 8.84. The molecule has 4 heterocycles. The quantitative estimate of drug-likeness (QED) is 0.788. The van der Waals surface area contributed by atoms with Crippen LogP contribution >= 0.6 is 0 Å². The van der Waals surface area contributed by atoms with Gasteiger partial charge in [0.1, 0.15) is 0 Å². The highest BCUT2D eigenvalue weighted by Gasteiger charge is 2.48. The van der Waals surface area contributed by atoms with Gasteiger partial charge in [0.25, 0.3) is 0 Å². The molecule has 30 heavy (non-hydrogen) atoms. The number of carbonyl (C=O) groups excluding carboxylic acids is 1. The van der Waals surface area contributed by atoms with Gasteiger partial charge in [0.2, 0.25) is 5.91 Å². The first kappa shape index (κ1) is 19.0. The van der Waals surface area contributed by atoms with Crippen molar-refractivity contribution in [3.05, 3.63) is 60.2 Å². The molecule has 2 aromatic rings. The zero-order valence-corrected chi connectivity index (χ0v) is 17.8. The smallest absolute Gasteiger partial charge is 0.237 e. The predicted octanol–water partition coefficient (Wildman–Crippen LogP) is 3.40. The second-order valence-electron chi connectivity index (χ2n) is 8.84. The van der Waals surface area contributed by atoms with E-state index in [-0.39, 0.29) is 11.9 Å². The molecule has 6 heteroatoms. The Balaban J connectivity index is 1.54. The molecule has 1 saturated heterocycles. The number of aromatic nitrogens is 2. The van der Waals surface area contributed by atoms with E-state index < -0.39 is 5.41 Å². The number of allylic oxidation sites excluding steroid dienone is 2. The molecule has 1 atom stereocenters. The first-order chi connectivity index (χ1) is 14.4. The summed E-state index contributed by atoms with van der Waals surface area (Å²) in [7, 11) is 2.05. The van der Waals surface area contributed by atoms with Gasteiger partial charge in [-0.05, 0) is 38.5 Å². The number of amides is 1. The summed E-state index contributed by atoms with van der Waals surface area (Å²) in [6.45, 7) is 7.32. The number of fused-ring (bicyclic) bond motifs is 1. The van der Waals surface area contributed by atoms with Gasteiger partial charge in [-0.15, -0.1) is 0 Å². The van der Waals surface area contributed by atoms with Crippen LogP contribution in [0.25, 0.3) is 16.8 Å². The predicted molar refractivity (Wildman–Crippen MR) is 117 cm³/mol. The van der Waals surface area contributed by atoms with Crippen molar-refractivity contribution in [3.63, 3.8) is 0 Å². The van der Waals surface area contributed by atoms with Gasteiger partial charge in [0.05, 0.1) is 30.4 Å². The third kappa shape index (κ3) is 2.86. The summed E-state index contributed by atoms with van der Waals surface area (Å²) in [4.78, 5) is 26.5. The topological polar surface area (TPSA) is 58.6 Å². The molecule has 3 aliphatic heterocycles. The summed E-state index contributed by atoms with van der Waals surface area (Å²) in [6, 6.07) is 8.61.